The number of hydrogen-bond acceptors (Lipinski definition) is 4. The summed E-state index contributed by atoms with van der Waals surface area (Å²) in [5.41, 5.74) is 2.64. The molecule has 2 aromatic rings. The third-order valence-electron chi connectivity index (χ3n) is 4.26. The van der Waals surface area contributed by atoms with Crippen LogP contribution in [0.2, 0.25) is 0 Å². The van der Waals surface area contributed by atoms with E-state index in [2.05, 4.69) is 39.8 Å². The molecule has 0 saturated heterocycles. The van der Waals surface area contributed by atoms with Crippen molar-refractivity contribution < 1.29 is 4.79 Å². The van der Waals surface area contributed by atoms with Crippen molar-refractivity contribution in [2.45, 2.75) is 49.1 Å². The average Bonchev–Trinajstić information content (AvgIpc) is 2.84. The number of thioether (sulfide) groups is 1. The Kier molecular flexibility index (Phi) is 5.00. The van der Waals surface area contributed by atoms with Gasteiger partial charge in [-0.15, -0.1) is 10.2 Å². The van der Waals surface area contributed by atoms with E-state index in [1.807, 2.05) is 18.5 Å². The van der Waals surface area contributed by atoms with Crippen LogP contribution >= 0.6 is 11.8 Å². The van der Waals surface area contributed by atoms with Gasteiger partial charge in [0.2, 0.25) is 5.91 Å². The van der Waals surface area contributed by atoms with Gasteiger partial charge >= 0.3 is 0 Å². The molecule has 1 heterocycles. The quantitative estimate of drug-likeness (QED) is 0.692. The highest BCUT2D eigenvalue weighted by atomic mass is 32.2. The topological polar surface area (TPSA) is 59.8 Å². The standard InChI is InChI=1S/C17H22N4OS/c1-12(23-17-20-18-11-21(17)2)16(22)19-15-10-6-4-8-13-7-3-5-9-14(13)15/h3,5,7,9,11-12,15H,4,6,8,10H2,1-2H3,(H,19,22)/t12-,15-/m0/s1. The molecule has 1 N–H and O–H groups in total. The fourth-order valence-electron chi connectivity index (χ4n) is 2.95. The van der Waals surface area contributed by atoms with Crippen LogP contribution in [0.25, 0.3) is 0 Å². The highest BCUT2D eigenvalue weighted by Gasteiger charge is 2.23. The van der Waals surface area contributed by atoms with Crippen molar-refractivity contribution in [2.24, 2.45) is 7.05 Å². The second-order valence-electron chi connectivity index (χ2n) is 5.99. The average molecular weight is 330 g/mol. The van der Waals surface area contributed by atoms with Crippen LogP contribution in [0, 0.1) is 0 Å². The van der Waals surface area contributed by atoms with E-state index in [1.54, 1.807) is 6.33 Å². The van der Waals surface area contributed by atoms with E-state index < -0.39 is 0 Å². The molecule has 0 unspecified atom stereocenters. The summed E-state index contributed by atoms with van der Waals surface area (Å²) in [6.07, 6.45) is 6.08. The van der Waals surface area contributed by atoms with E-state index >= 15 is 0 Å². The third-order valence-corrected chi connectivity index (χ3v) is 5.41. The molecule has 6 heteroatoms. The number of aromatic nitrogens is 3. The van der Waals surface area contributed by atoms with E-state index in [-0.39, 0.29) is 17.2 Å². The van der Waals surface area contributed by atoms with Gasteiger partial charge in [0.1, 0.15) is 6.33 Å². The van der Waals surface area contributed by atoms with Crippen molar-refractivity contribution in [2.75, 3.05) is 0 Å². The van der Waals surface area contributed by atoms with Gasteiger partial charge in [-0.3, -0.25) is 4.79 Å². The summed E-state index contributed by atoms with van der Waals surface area (Å²) in [6.45, 7) is 1.91. The largest absolute Gasteiger partial charge is 0.348 e. The number of carbonyl (C=O) groups is 1. The van der Waals surface area contributed by atoms with Crippen molar-refractivity contribution in [1.29, 1.82) is 0 Å². The zero-order valence-corrected chi connectivity index (χ0v) is 14.3. The van der Waals surface area contributed by atoms with E-state index in [1.165, 1.54) is 29.3 Å². The minimum atomic E-state index is -0.201. The fraction of sp³-hybridized carbons (Fsp3) is 0.471. The number of hydrogen-bond donors (Lipinski definition) is 1. The Balaban J connectivity index is 1.68. The zero-order valence-electron chi connectivity index (χ0n) is 13.5. The number of nitrogens with zero attached hydrogens (tertiary/aromatic N) is 3. The van der Waals surface area contributed by atoms with Gasteiger partial charge in [0.25, 0.3) is 0 Å². The Labute approximate surface area is 140 Å². The monoisotopic (exact) mass is 330 g/mol. The Hall–Kier alpha value is -1.82. The second kappa shape index (κ2) is 7.17. The van der Waals surface area contributed by atoms with Crippen molar-refractivity contribution in [3.63, 3.8) is 0 Å². The van der Waals surface area contributed by atoms with Crippen LogP contribution in [0.15, 0.2) is 35.7 Å². The zero-order chi connectivity index (χ0) is 16.2. The Morgan fingerprint density at radius 2 is 2.22 bits per heavy atom. The highest BCUT2D eigenvalue weighted by Crippen LogP contribution is 2.29. The van der Waals surface area contributed by atoms with E-state index in [4.69, 9.17) is 0 Å². The lowest BCUT2D eigenvalue weighted by Crippen LogP contribution is -2.34. The number of carbonyl (C=O) groups excluding carboxylic acids is 1. The smallest absolute Gasteiger partial charge is 0.233 e. The molecule has 0 fully saturated rings. The molecule has 1 aliphatic rings. The molecule has 3 rings (SSSR count). The summed E-state index contributed by atoms with van der Waals surface area (Å²) in [6, 6.07) is 8.57. The molecule has 0 radical (unpaired) electrons. The summed E-state index contributed by atoms with van der Waals surface area (Å²) in [5, 5.41) is 11.7. The Morgan fingerprint density at radius 3 is 3.00 bits per heavy atom. The number of rotatable bonds is 4. The molecule has 0 bridgehead atoms. The van der Waals surface area contributed by atoms with E-state index in [9.17, 15) is 4.79 Å². The molecule has 1 aliphatic carbocycles. The number of amides is 1. The summed E-state index contributed by atoms with van der Waals surface area (Å²) >= 11 is 1.44. The maximum absolute atomic E-state index is 12.6. The predicted molar refractivity (Wildman–Crippen MR) is 91.2 cm³/mol. The molecular weight excluding hydrogens is 308 g/mol. The van der Waals surface area contributed by atoms with Crippen LogP contribution in [0.1, 0.15) is 43.4 Å². The highest BCUT2D eigenvalue weighted by molar-refractivity contribution is 8.00. The van der Waals surface area contributed by atoms with Crippen molar-refractivity contribution in [3.05, 3.63) is 41.7 Å². The predicted octanol–water partition coefficient (Wildman–Crippen LogP) is 2.88. The van der Waals surface area contributed by atoms with Crippen LogP contribution in [-0.2, 0) is 18.3 Å². The molecule has 0 aliphatic heterocycles. The summed E-state index contributed by atoms with van der Waals surface area (Å²) < 4.78 is 1.83. The van der Waals surface area contributed by atoms with Gasteiger partial charge in [-0.05, 0) is 37.3 Å². The molecule has 0 spiro atoms. The Bertz CT molecular complexity index is 685. The van der Waals surface area contributed by atoms with Crippen LogP contribution < -0.4 is 5.32 Å². The van der Waals surface area contributed by atoms with Gasteiger partial charge in [0.05, 0.1) is 11.3 Å². The molecule has 23 heavy (non-hydrogen) atoms. The first-order valence-electron chi connectivity index (χ1n) is 8.04. The fourth-order valence-corrected chi connectivity index (χ4v) is 3.75. The molecule has 0 saturated carbocycles. The first kappa shape index (κ1) is 16.1. The van der Waals surface area contributed by atoms with Gasteiger partial charge in [0, 0.05) is 7.05 Å². The number of nitrogens with one attached hydrogen (secondary N) is 1. The first-order chi connectivity index (χ1) is 11.1. The minimum Gasteiger partial charge on any atom is -0.348 e. The maximum atomic E-state index is 12.6. The lowest BCUT2D eigenvalue weighted by molar-refractivity contribution is -0.121. The maximum Gasteiger partial charge on any atom is 0.233 e. The van der Waals surface area contributed by atoms with Crippen molar-refractivity contribution in [3.8, 4) is 0 Å². The molecule has 1 amide bonds. The van der Waals surface area contributed by atoms with Crippen molar-refractivity contribution in [1.82, 2.24) is 20.1 Å². The van der Waals surface area contributed by atoms with E-state index in [0.29, 0.717) is 0 Å². The number of benzene rings is 1. The van der Waals surface area contributed by atoms with E-state index in [0.717, 1.165) is 24.4 Å². The number of aryl methyl sites for hydroxylation is 2. The normalized spacial score (nSPS) is 18.8. The lowest BCUT2D eigenvalue weighted by atomic mass is 9.99. The second-order valence-corrected chi connectivity index (χ2v) is 7.30. The van der Waals surface area contributed by atoms with Gasteiger partial charge < -0.3 is 9.88 Å². The molecule has 1 aromatic heterocycles. The molecule has 122 valence electrons. The van der Waals surface area contributed by atoms with Crippen LogP contribution in [0.4, 0.5) is 0 Å². The first-order valence-corrected chi connectivity index (χ1v) is 8.92. The van der Waals surface area contributed by atoms with Gasteiger partial charge in [-0.25, -0.2) is 0 Å². The van der Waals surface area contributed by atoms with Gasteiger partial charge in [-0.2, -0.15) is 0 Å². The molecule has 1 aromatic carbocycles. The van der Waals surface area contributed by atoms with Crippen molar-refractivity contribution >= 4 is 17.7 Å². The van der Waals surface area contributed by atoms with Gasteiger partial charge in [0.15, 0.2) is 5.16 Å². The summed E-state index contributed by atoms with van der Waals surface area (Å²) in [7, 11) is 1.88. The third kappa shape index (κ3) is 3.75. The summed E-state index contributed by atoms with van der Waals surface area (Å²) in [5.74, 6) is 0.0553. The SMILES string of the molecule is C[C@H](Sc1nncn1C)C(=O)N[C@H]1CCCCc2ccccc21. The number of fused-ring (bicyclic) bond motifs is 1. The molecular formula is C17H22N4OS. The summed E-state index contributed by atoms with van der Waals surface area (Å²) in [4.78, 5) is 12.6. The molecule has 2 atom stereocenters. The van der Waals surface area contributed by atoms with Crippen LogP contribution in [-0.4, -0.2) is 25.9 Å². The van der Waals surface area contributed by atoms with Crippen LogP contribution in [0.3, 0.4) is 0 Å². The lowest BCUT2D eigenvalue weighted by Gasteiger charge is -2.21. The Morgan fingerprint density at radius 1 is 1.39 bits per heavy atom. The van der Waals surface area contributed by atoms with Gasteiger partial charge in [-0.1, -0.05) is 42.4 Å². The molecule has 5 nitrogen and oxygen atoms in total. The minimum absolute atomic E-state index is 0.0553. The van der Waals surface area contributed by atoms with Crippen LogP contribution in [0.5, 0.6) is 0 Å².